The number of amides is 1. The van der Waals surface area contributed by atoms with E-state index in [1.54, 1.807) is 12.1 Å². The van der Waals surface area contributed by atoms with Gasteiger partial charge in [0, 0.05) is 6.04 Å². The number of carbonyl (C=O) groups excluding carboxylic acids is 1. The van der Waals surface area contributed by atoms with E-state index in [0.29, 0.717) is 11.3 Å². The molecule has 0 unspecified atom stereocenters. The monoisotopic (exact) mass is 380 g/mol. The molecule has 0 saturated carbocycles. The number of sulfonamides is 1. The first kappa shape index (κ1) is 19.3. The molecule has 1 atom stereocenters. The number of rotatable bonds is 6. The maximum atomic E-state index is 12.4. The van der Waals surface area contributed by atoms with Gasteiger partial charge in [0.1, 0.15) is 0 Å². The van der Waals surface area contributed by atoms with Gasteiger partial charge in [-0.2, -0.15) is 0 Å². The number of hydrogen-bond donors (Lipinski definition) is 2. The predicted molar refractivity (Wildman–Crippen MR) is 101 cm³/mol. The lowest BCUT2D eigenvalue weighted by molar-refractivity contribution is 0.0939. The van der Waals surface area contributed by atoms with Crippen molar-refractivity contribution in [1.29, 1.82) is 0 Å². The van der Waals surface area contributed by atoms with Gasteiger partial charge in [0.15, 0.2) is 0 Å². The average molecular weight is 381 g/mol. The zero-order chi connectivity index (χ0) is 18.6. The van der Waals surface area contributed by atoms with E-state index in [2.05, 4.69) is 10.0 Å². The van der Waals surface area contributed by atoms with Crippen molar-refractivity contribution in [3.63, 3.8) is 0 Å². The van der Waals surface area contributed by atoms with E-state index < -0.39 is 10.0 Å². The van der Waals surface area contributed by atoms with Crippen LogP contribution in [-0.2, 0) is 10.0 Å². The lowest BCUT2D eigenvalue weighted by atomic mass is 10.1. The molecular formula is C18H21ClN2O3S. The van der Waals surface area contributed by atoms with Crippen molar-refractivity contribution in [2.75, 3.05) is 4.72 Å². The normalized spacial score (nSPS) is 12.5. The van der Waals surface area contributed by atoms with Crippen LogP contribution in [0.4, 0.5) is 5.69 Å². The molecule has 2 aromatic rings. The largest absolute Gasteiger partial charge is 0.350 e. The van der Waals surface area contributed by atoms with E-state index in [9.17, 15) is 13.2 Å². The van der Waals surface area contributed by atoms with Gasteiger partial charge in [0.05, 0.1) is 21.2 Å². The van der Waals surface area contributed by atoms with Crippen molar-refractivity contribution in [2.45, 2.75) is 38.1 Å². The SMILES string of the molecule is CC[C@@H](C)NC(=O)c1ccc(NS(=O)(=O)c2ccc(C)cc2)cc1Cl. The Morgan fingerprint density at radius 3 is 2.36 bits per heavy atom. The molecule has 25 heavy (non-hydrogen) atoms. The lowest BCUT2D eigenvalue weighted by Crippen LogP contribution is -2.32. The summed E-state index contributed by atoms with van der Waals surface area (Å²) in [5, 5.41) is 3.01. The number of halogens is 1. The highest BCUT2D eigenvalue weighted by Crippen LogP contribution is 2.23. The third-order valence-electron chi connectivity index (χ3n) is 3.79. The molecule has 0 aromatic heterocycles. The van der Waals surface area contributed by atoms with Crippen LogP contribution in [0, 0.1) is 6.92 Å². The van der Waals surface area contributed by atoms with E-state index in [4.69, 9.17) is 11.6 Å². The van der Waals surface area contributed by atoms with E-state index in [-0.39, 0.29) is 21.9 Å². The molecule has 0 spiro atoms. The summed E-state index contributed by atoms with van der Waals surface area (Å²) in [4.78, 5) is 12.3. The molecule has 0 fully saturated rings. The van der Waals surface area contributed by atoms with Crippen molar-refractivity contribution < 1.29 is 13.2 Å². The maximum Gasteiger partial charge on any atom is 0.261 e. The van der Waals surface area contributed by atoms with Gasteiger partial charge in [-0.25, -0.2) is 8.42 Å². The van der Waals surface area contributed by atoms with E-state index in [1.165, 1.54) is 30.3 Å². The molecule has 0 heterocycles. The van der Waals surface area contributed by atoms with Crippen molar-refractivity contribution in [3.8, 4) is 0 Å². The van der Waals surface area contributed by atoms with Gasteiger partial charge in [-0.3, -0.25) is 9.52 Å². The van der Waals surface area contributed by atoms with Crippen LogP contribution in [0.3, 0.4) is 0 Å². The number of anilines is 1. The highest BCUT2D eigenvalue weighted by Gasteiger charge is 2.17. The van der Waals surface area contributed by atoms with Crippen LogP contribution in [0.15, 0.2) is 47.4 Å². The molecule has 5 nitrogen and oxygen atoms in total. The molecule has 0 radical (unpaired) electrons. The minimum atomic E-state index is -3.71. The van der Waals surface area contributed by atoms with Gasteiger partial charge in [-0.15, -0.1) is 0 Å². The molecule has 2 aromatic carbocycles. The van der Waals surface area contributed by atoms with Crippen LogP contribution in [0.1, 0.15) is 36.2 Å². The summed E-state index contributed by atoms with van der Waals surface area (Å²) in [6, 6.07) is 11.0. The number of carbonyl (C=O) groups is 1. The van der Waals surface area contributed by atoms with Gasteiger partial charge in [0.2, 0.25) is 0 Å². The van der Waals surface area contributed by atoms with Crippen LogP contribution in [-0.4, -0.2) is 20.4 Å². The predicted octanol–water partition coefficient (Wildman–Crippen LogP) is 3.98. The summed E-state index contributed by atoms with van der Waals surface area (Å²) in [5.74, 6) is -0.285. The first-order chi connectivity index (χ1) is 11.7. The molecule has 2 N–H and O–H groups in total. The van der Waals surface area contributed by atoms with Gasteiger partial charge in [-0.05, 0) is 50.6 Å². The van der Waals surface area contributed by atoms with Crippen molar-refractivity contribution >= 4 is 33.2 Å². The zero-order valence-electron chi connectivity index (χ0n) is 14.3. The fourth-order valence-electron chi connectivity index (χ4n) is 2.10. The highest BCUT2D eigenvalue weighted by molar-refractivity contribution is 7.92. The molecule has 1 amide bonds. The Morgan fingerprint density at radius 1 is 1.16 bits per heavy atom. The van der Waals surface area contributed by atoms with Gasteiger partial charge in [0.25, 0.3) is 15.9 Å². The molecule has 134 valence electrons. The van der Waals surface area contributed by atoms with Crippen LogP contribution in [0.2, 0.25) is 5.02 Å². The first-order valence-electron chi connectivity index (χ1n) is 7.93. The second-order valence-electron chi connectivity index (χ2n) is 5.90. The van der Waals surface area contributed by atoms with Crippen LogP contribution >= 0.6 is 11.6 Å². The smallest absolute Gasteiger partial charge is 0.261 e. The number of nitrogens with one attached hydrogen (secondary N) is 2. The summed E-state index contributed by atoms with van der Waals surface area (Å²) in [5.41, 5.74) is 1.57. The Morgan fingerprint density at radius 2 is 1.80 bits per heavy atom. The summed E-state index contributed by atoms with van der Waals surface area (Å²) in [6.07, 6.45) is 0.803. The first-order valence-corrected chi connectivity index (χ1v) is 9.79. The molecule has 0 bridgehead atoms. The summed E-state index contributed by atoms with van der Waals surface area (Å²) < 4.78 is 27.3. The molecule has 0 aliphatic heterocycles. The van der Waals surface area contributed by atoms with Crippen LogP contribution < -0.4 is 10.0 Å². The Hall–Kier alpha value is -2.05. The Bertz CT molecular complexity index is 864. The molecule has 2 rings (SSSR count). The van der Waals surface area contributed by atoms with Crippen molar-refractivity contribution in [1.82, 2.24) is 5.32 Å². The van der Waals surface area contributed by atoms with Gasteiger partial charge >= 0.3 is 0 Å². The molecule has 0 saturated heterocycles. The fraction of sp³-hybridized carbons (Fsp3) is 0.278. The molecule has 0 aliphatic carbocycles. The second kappa shape index (κ2) is 7.89. The van der Waals surface area contributed by atoms with Crippen LogP contribution in [0.25, 0.3) is 0 Å². The Labute approximate surface area is 153 Å². The quantitative estimate of drug-likeness (QED) is 0.795. The highest BCUT2D eigenvalue weighted by atomic mass is 35.5. The summed E-state index contributed by atoms with van der Waals surface area (Å²) >= 11 is 6.15. The third kappa shape index (κ3) is 4.96. The molecular weight excluding hydrogens is 360 g/mol. The number of benzene rings is 2. The average Bonchev–Trinajstić information content (AvgIpc) is 2.54. The topological polar surface area (TPSA) is 75.3 Å². The summed E-state index contributed by atoms with van der Waals surface area (Å²) in [6.45, 7) is 5.75. The number of aryl methyl sites for hydroxylation is 1. The minimum Gasteiger partial charge on any atom is -0.350 e. The zero-order valence-corrected chi connectivity index (χ0v) is 15.9. The summed E-state index contributed by atoms with van der Waals surface area (Å²) in [7, 11) is -3.71. The van der Waals surface area contributed by atoms with Gasteiger partial charge in [-0.1, -0.05) is 36.2 Å². The maximum absolute atomic E-state index is 12.4. The Balaban J connectivity index is 2.20. The minimum absolute atomic E-state index is 0.0308. The third-order valence-corrected chi connectivity index (χ3v) is 5.50. The van der Waals surface area contributed by atoms with Gasteiger partial charge < -0.3 is 5.32 Å². The van der Waals surface area contributed by atoms with E-state index >= 15 is 0 Å². The van der Waals surface area contributed by atoms with Crippen molar-refractivity contribution in [3.05, 3.63) is 58.6 Å². The molecule has 7 heteroatoms. The second-order valence-corrected chi connectivity index (χ2v) is 7.99. The van der Waals surface area contributed by atoms with E-state index in [1.807, 2.05) is 20.8 Å². The fourth-order valence-corrected chi connectivity index (χ4v) is 3.41. The van der Waals surface area contributed by atoms with Crippen molar-refractivity contribution in [2.24, 2.45) is 0 Å². The Kier molecular flexibility index (Phi) is 6.08. The number of hydrogen-bond acceptors (Lipinski definition) is 3. The standard InChI is InChI=1S/C18H21ClN2O3S/c1-4-13(3)20-18(22)16-10-7-14(11-17(16)19)21-25(23,24)15-8-5-12(2)6-9-15/h5-11,13,21H,4H2,1-3H3,(H,20,22)/t13-/m1/s1. The van der Waals surface area contributed by atoms with E-state index in [0.717, 1.165) is 12.0 Å². The molecule has 0 aliphatic rings. The van der Waals surface area contributed by atoms with Crippen LogP contribution in [0.5, 0.6) is 0 Å². The lowest BCUT2D eigenvalue weighted by Gasteiger charge is -2.13.